The number of carbonyl (C=O) groups is 2. The molecule has 0 bridgehead atoms. The van der Waals surface area contributed by atoms with Crippen LogP contribution in [0.4, 0.5) is 4.39 Å². The van der Waals surface area contributed by atoms with Gasteiger partial charge in [0, 0.05) is 35.0 Å². The van der Waals surface area contributed by atoms with Gasteiger partial charge < -0.3 is 19.9 Å². The van der Waals surface area contributed by atoms with Crippen molar-refractivity contribution >= 4 is 17.5 Å². The predicted molar refractivity (Wildman–Crippen MR) is 145 cm³/mol. The van der Waals surface area contributed by atoms with E-state index >= 15 is 4.39 Å². The van der Waals surface area contributed by atoms with Gasteiger partial charge >= 0.3 is 5.97 Å². The van der Waals surface area contributed by atoms with E-state index in [1.54, 1.807) is 33.8 Å². The van der Waals surface area contributed by atoms with Crippen LogP contribution in [0.3, 0.4) is 0 Å². The largest absolute Gasteiger partial charge is 0.490 e. The molecule has 0 radical (unpaired) electrons. The minimum atomic E-state index is -1.42. The molecule has 0 saturated carbocycles. The van der Waals surface area contributed by atoms with Gasteiger partial charge in [0.05, 0.1) is 17.9 Å². The molecule has 1 atom stereocenters. The Kier molecular flexibility index (Phi) is 7.46. The number of aliphatic carboxylic acids is 1. The molecule has 3 aromatic rings. The number of benzene rings is 1. The third-order valence-electron chi connectivity index (χ3n) is 6.49. The zero-order valence-corrected chi connectivity index (χ0v) is 23.9. The maximum atomic E-state index is 15.4. The molecule has 9 nitrogen and oxygen atoms in total. The summed E-state index contributed by atoms with van der Waals surface area (Å²) in [6.45, 7) is 15.7. The molecule has 0 spiro atoms. The van der Waals surface area contributed by atoms with E-state index in [1.807, 2.05) is 27.7 Å². The summed E-state index contributed by atoms with van der Waals surface area (Å²) in [4.78, 5) is 30.2. The number of carboxylic acids is 1. The Balaban J connectivity index is 2.02. The van der Waals surface area contributed by atoms with E-state index in [9.17, 15) is 14.7 Å². The second-order valence-corrected chi connectivity index (χ2v) is 12.2. The average Bonchev–Trinajstić information content (AvgIpc) is 3.25. The first-order valence-corrected chi connectivity index (χ1v) is 13.1. The highest BCUT2D eigenvalue weighted by Gasteiger charge is 2.35. The topological polar surface area (TPSA) is 115 Å². The Bertz CT molecular complexity index is 1450. The Morgan fingerprint density at radius 2 is 1.90 bits per heavy atom. The zero-order chi connectivity index (χ0) is 28.9. The number of ether oxygens (including phenoxy) is 2. The number of nitrogens with one attached hydrogen (secondary N) is 1. The van der Waals surface area contributed by atoms with Crippen LogP contribution >= 0.6 is 0 Å². The van der Waals surface area contributed by atoms with Crippen LogP contribution < -0.4 is 10.1 Å². The first kappa shape index (κ1) is 28.5. The molecular weight excluding hydrogens is 503 g/mol. The fraction of sp³-hybridized carbons (Fsp3) is 0.517. The number of rotatable bonds is 6. The highest BCUT2D eigenvalue weighted by molar-refractivity contribution is 5.93. The number of carbonyl (C=O) groups excluding carboxylic acids is 1. The summed E-state index contributed by atoms with van der Waals surface area (Å²) in [7, 11) is 0. The van der Waals surface area contributed by atoms with E-state index in [-0.39, 0.29) is 28.3 Å². The number of nitrogens with zero attached hydrogens (tertiary/aromatic N) is 3. The fourth-order valence-electron chi connectivity index (χ4n) is 4.74. The van der Waals surface area contributed by atoms with E-state index in [4.69, 9.17) is 9.47 Å². The number of aromatic nitrogens is 3. The molecule has 1 aliphatic heterocycles. The Morgan fingerprint density at radius 3 is 2.51 bits per heavy atom. The van der Waals surface area contributed by atoms with Crippen molar-refractivity contribution in [2.24, 2.45) is 5.41 Å². The lowest BCUT2D eigenvalue weighted by Gasteiger charge is -2.28. The molecule has 0 fully saturated rings. The summed E-state index contributed by atoms with van der Waals surface area (Å²) in [5.74, 6) is -1.93. The van der Waals surface area contributed by atoms with Crippen LogP contribution in [0.25, 0.3) is 16.9 Å². The molecule has 2 aromatic heterocycles. The summed E-state index contributed by atoms with van der Waals surface area (Å²) < 4.78 is 28.5. The molecule has 10 heteroatoms. The molecule has 3 heterocycles. The number of amides is 1. The number of halogens is 1. The summed E-state index contributed by atoms with van der Waals surface area (Å²) in [6.07, 6.45) is -0.0670. The standard InChI is InChI=1S/C29H37FN4O5/c1-15-17-10-9-11-38-24(17)19(30)12-18(15)23-22(25(27(36)37)39-29(6,7)8)16(2)32-21-13-20(33-34(21)23)26(35)31-14-28(3,4)5/h12-13,25H,9-11,14H2,1-8H3,(H,31,35)(H,36,37)/t25-/m0/s1. The van der Waals surface area contributed by atoms with E-state index in [1.165, 1.54) is 10.6 Å². The molecule has 210 valence electrons. The van der Waals surface area contributed by atoms with Gasteiger partial charge in [-0.15, -0.1) is 0 Å². The monoisotopic (exact) mass is 540 g/mol. The van der Waals surface area contributed by atoms with E-state index in [0.717, 1.165) is 17.5 Å². The number of carboxylic acid groups (broad SMARTS) is 1. The van der Waals surface area contributed by atoms with Gasteiger partial charge in [0.1, 0.15) is 0 Å². The minimum Gasteiger partial charge on any atom is -0.490 e. The molecule has 1 aromatic carbocycles. The van der Waals surface area contributed by atoms with Crippen LogP contribution in [0.15, 0.2) is 12.1 Å². The van der Waals surface area contributed by atoms with E-state index in [0.29, 0.717) is 42.2 Å². The van der Waals surface area contributed by atoms with Gasteiger partial charge in [0.25, 0.3) is 5.91 Å². The molecule has 0 unspecified atom stereocenters. The lowest BCUT2D eigenvalue weighted by Crippen LogP contribution is -2.32. The van der Waals surface area contributed by atoms with Crippen LogP contribution in [0, 0.1) is 25.1 Å². The SMILES string of the molecule is Cc1nc2cc(C(=O)NCC(C)(C)C)nn2c(-c2cc(F)c3c(c2C)CCCO3)c1[C@H](OC(C)(C)C)C(=O)O. The number of aryl methyl sites for hydroxylation is 1. The maximum absolute atomic E-state index is 15.4. The zero-order valence-electron chi connectivity index (χ0n) is 23.9. The molecule has 1 aliphatic rings. The first-order chi connectivity index (χ1) is 18.1. The fourth-order valence-corrected chi connectivity index (χ4v) is 4.74. The lowest BCUT2D eigenvalue weighted by atomic mass is 9.91. The van der Waals surface area contributed by atoms with Gasteiger partial charge in [0.2, 0.25) is 0 Å². The second-order valence-electron chi connectivity index (χ2n) is 12.2. The molecule has 1 amide bonds. The second kappa shape index (κ2) is 10.2. The summed E-state index contributed by atoms with van der Waals surface area (Å²) in [6, 6.07) is 2.89. The van der Waals surface area contributed by atoms with Gasteiger partial charge in [-0.1, -0.05) is 20.8 Å². The minimum absolute atomic E-state index is 0.118. The number of hydrogen-bond donors (Lipinski definition) is 2. The first-order valence-electron chi connectivity index (χ1n) is 13.1. The molecule has 0 aliphatic carbocycles. The summed E-state index contributed by atoms with van der Waals surface area (Å²) >= 11 is 0. The quantitative estimate of drug-likeness (QED) is 0.442. The van der Waals surface area contributed by atoms with Crippen molar-refractivity contribution in [3.05, 3.63) is 46.0 Å². The molecule has 39 heavy (non-hydrogen) atoms. The van der Waals surface area contributed by atoms with Gasteiger partial charge in [-0.2, -0.15) is 5.10 Å². The third kappa shape index (κ3) is 5.90. The van der Waals surface area contributed by atoms with Crippen molar-refractivity contribution in [1.82, 2.24) is 19.9 Å². The van der Waals surface area contributed by atoms with Gasteiger partial charge in [0.15, 0.2) is 29.0 Å². The van der Waals surface area contributed by atoms with Crippen molar-refractivity contribution in [3.63, 3.8) is 0 Å². The maximum Gasteiger partial charge on any atom is 0.337 e. The third-order valence-corrected chi connectivity index (χ3v) is 6.49. The van der Waals surface area contributed by atoms with Crippen molar-refractivity contribution in [2.45, 2.75) is 79.9 Å². The Morgan fingerprint density at radius 1 is 1.21 bits per heavy atom. The van der Waals surface area contributed by atoms with Gasteiger partial charge in [-0.25, -0.2) is 18.7 Å². The molecule has 2 N–H and O–H groups in total. The summed E-state index contributed by atoms with van der Waals surface area (Å²) in [5, 5.41) is 17.7. The van der Waals surface area contributed by atoms with Crippen LogP contribution in [-0.4, -0.2) is 50.3 Å². The highest BCUT2D eigenvalue weighted by atomic mass is 19.1. The molecule has 0 saturated heterocycles. The van der Waals surface area contributed by atoms with Crippen molar-refractivity contribution in [3.8, 4) is 17.0 Å². The van der Waals surface area contributed by atoms with E-state index < -0.39 is 23.5 Å². The van der Waals surface area contributed by atoms with Crippen LogP contribution in [-0.2, 0) is 16.0 Å². The van der Waals surface area contributed by atoms with Crippen LogP contribution in [0.2, 0.25) is 0 Å². The Hall–Kier alpha value is -3.53. The average molecular weight is 541 g/mol. The smallest absolute Gasteiger partial charge is 0.337 e. The molecule has 4 rings (SSSR count). The predicted octanol–water partition coefficient (Wildman–Crippen LogP) is 5.19. The van der Waals surface area contributed by atoms with E-state index in [2.05, 4.69) is 15.4 Å². The van der Waals surface area contributed by atoms with Gasteiger partial charge in [-0.05, 0) is 64.5 Å². The normalized spacial score (nSPS) is 14.6. The van der Waals surface area contributed by atoms with Crippen LogP contribution in [0.5, 0.6) is 5.75 Å². The van der Waals surface area contributed by atoms with Crippen molar-refractivity contribution < 1.29 is 28.6 Å². The van der Waals surface area contributed by atoms with Crippen molar-refractivity contribution in [1.29, 1.82) is 0 Å². The molecular formula is C29H37FN4O5. The Labute approximate surface area is 227 Å². The number of fused-ring (bicyclic) bond motifs is 2. The van der Waals surface area contributed by atoms with Crippen molar-refractivity contribution in [2.75, 3.05) is 13.2 Å². The highest BCUT2D eigenvalue weighted by Crippen LogP contribution is 2.41. The van der Waals surface area contributed by atoms with Crippen LogP contribution in [0.1, 0.15) is 86.9 Å². The van der Waals surface area contributed by atoms with Gasteiger partial charge in [-0.3, -0.25) is 4.79 Å². The lowest BCUT2D eigenvalue weighted by molar-refractivity contribution is -0.160. The number of hydrogen-bond acceptors (Lipinski definition) is 6. The summed E-state index contributed by atoms with van der Waals surface area (Å²) in [5.41, 5.74) is 2.35.